The summed E-state index contributed by atoms with van der Waals surface area (Å²) in [5, 5.41) is 13.8. The minimum atomic E-state index is -4.59. The number of aliphatic hydroxyl groups is 1. The number of amides is 1. The molecule has 0 saturated heterocycles. The smallest absolute Gasteiger partial charge is 0.268 e. The van der Waals surface area contributed by atoms with E-state index in [0.29, 0.717) is 17.4 Å². The Kier molecular flexibility index (Phi) is 40.2. The highest BCUT2D eigenvalue weighted by molar-refractivity contribution is 7.45. The van der Waals surface area contributed by atoms with Crippen molar-refractivity contribution in [2.45, 2.75) is 231 Å². The number of carbonyl (C=O) groups excluding carboxylic acids is 1. The number of quaternary nitrogens is 1. The number of rotatable bonds is 44. The Morgan fingerprint density at radius 1 is 0.621 bits per heavy atom. The standard InChI is InChI=1S/C49H95N2O6P/c1-6-8-10-12-14-16-18-20-22-23-24-25-26-27-29-31-33-35-37-39-41-43-49(53)50-47(46-57-58(54,55)56-45-44-51(3,4)5)48(52)42-40-38-36-34-32-30-28-21-19-17-15-13-11-9-7-2/h8,10,14,16,40,42,47-48,52H,6-7,9,11-13,15,17-39,41,43-46H2,1-5H3,(H-,50,53,54,55)/b10-8-,16-14-,42-40+. The highest BCUT2D eigenvalue weighted by Crippen LogP contribution is 2.38. The number of carbonyl (C=O) groups is 1. The lowest BCUT2D eigenvalue weighted by atomic mass is 10.0. The van der Waals surface area contributed by atoms with Crippen molar-refractivity contribution in [2.75, 3.05) is 40.9 Å². The van der Waals surface area contributed by atoms with Crippen molar-refractivity contribution in [1.82, 2.24) is 5.32 Å². The molecule has 1 amide bonds. The largest absolute Gasteiger partial charge is 0.756 e. The van der Waals surface area contributed by atoms with E-state index in [0.717, 1.165) is 51.4 Å². The van der Waals surface area contributed by atoms with Gasteiger partial charge in [0.1, 0.15) is 13.2 Å². The molecule has 0 spiro atoms. The second-order valence-corrected chi connectivity index (χ2v) is 19.2. The maximum Gasteiger partial charge on any atom is 0.268 e. The van der Waals surface area contributed by atoms with Crippen LogP contribution in [0.5, 0.6) is 0 Å². The third-order valence-corrected chi connectivity index (χ3v) is 11.8. The molecule has 0 heterocycles. The highest BCUT2D eigenvalue weighted by atomic mass is 31.2. The Balaban J connectivity index is 4.30. The molecule has 9 heteroatoms. The quantitative estimate of drug-likeness (QED) is 0.0274. The summed E-state index contributed by atoms with van der Waals surface area (Å²) in [5.41, 5.74) is 0. The lowest BCUT2D eigenvalue weighted by Gasteiger charge is -2.29. The number of nitrogens with zero attached hydrogens (tertiary/aromatic N) is 1. The molecule has 2 N–H and O–H groups in total. The topological polar surface area (TPSA) is 108 Å². The highest BCUT2D eigenvalue weighted by Gasteiger charge is 2.23. The van der Waals surface area contributed by atoms with Gasteiger partial charge in [-0.1, -0.05) is 204 Å². The van der Waals surface area contributed by atoms with Crippen molar-refractivity contribution in [2.24, 2.45) is 0 Å². The van der Waals surface area contributed by atoms with Gasteiger partial charge in [-0.15, -0.1) is 0 Å². The lowest BCUT2D eigenvalue weighted by Crippen LogP contribution is -2.45. The molecular formula is C49H95N2O6P. The Morgan fingerprint density at radius 2 is 1.05 bits per heavy atom. The predicted octanol–water partition coefficient (Wildman–Crippen LogP) is 13.2. The maximum absolute atomic E-state index is 12.9. The van der Waals surface area contributed by atoms with E-state index in [9.17, 15) is 19.4 Å². The summed E-state index contributed by atoms with van der Waals surface area (Å²) in [5.74, 6) is -0.198. The van der Waals surface area contributed by atoms with Gasteiger partial charge in [0.2, 0.25) is 5.91 Å². The lowest BCUT2D eigenvalue weighted by molar-refractivity contribution is -0.870. The average Bonchev–Trinajstić information content (AvgIpc) is 3.17. The molecule has 0 bridgehead atoms. The van der Waals surface area contributed by atoms with Crippen LogP contribution in [0, 0.1) is 0 Å². The second-order valence-electron chi connectivity index (χ2n) is 17.8. The molecule has 0 radical (unpaired) electrons. The van der Waals surface area contributed by atoms with E-state index < -0.39 is 20.0 Å². The average molecular weight is 839 g/mol. The molecule has 8 nitrogen and oxygen atoms in total. The van der Waals surface area contributed by atoms with E-state index in [1.165, 1.54) is 148 Å². The first kappa shape index (κ1) is 56.7. The number of hydrogen-bond acceptors (Lipinski definition) is 6. The van der Waals surface area contributed by atoms with Crippen LogP contribution in [0.15, 0.2) is 36.5 Å². The van der Waals surface area contributed by atoms with Crippen molar-refractivity contribution in [3.05, 3.63) is 36.5 Å². The van der Waals surface area contributed by atoms with Crippen LogP contribution in [0.2, 0.25) is 0 Å². The van der Waals surface area contributed by atoms with Crippen molar-refractivity contribution < 1.29 is 32.9 Å². The second kappa shape index (κ2) is 41.1. The van der Waals surface area contributed by atoms with Crippen LogP contribution in [0.3, 0.4) is 0 Å². The van der Waals surface area contributed by atoms with Crippen LogP contribution in [-0.4, -0.2) is 68.5 Å². The molecule has 0 rings (SSSR count). The van der Waals surface area contributed by atoms with Gasteiger partial charge >= 0.3 is 0 Å². The third-order valence-electron chi connectivity index (χ3n) is 10.9. The molecular weight excluding hydrogens is 744 g/mol. The number of aliphatic hydroxyl groups excluding tert-OH is 1. The zero-order chi connectivity index (χ0) is 42.8. The molecule has 342 valence electrons. The van der Waals surface area contributed by atoms with Gasteiger partial charge in [0.15, 0.2) is 0 Å². The van der Waals surface area contributed by atoms with E-state index in [4.69, 9.17) is 9.05 Å². The fraction of sp³-hybridized carbons (Fsp3) is 0.857. The first-order chi connectivity index (χ1) is 28.0. The zero-order valence-corrected chi connectivity index (χ0v) is 39.6. The number of hydrogen-bond donors (Lipinski definition) is 2. The SMILES string of the molecule is CC/C=C\C/C=C\CCCCCCCCCCCCCCCCC(=O)NC(COP(=O)([O-])OCC[N+](C)(C)C)C(O)/C=C/CCCCCCCCCCCCCCC. The Bertz CT molecular complexity index is 1040. The Morgan fingerprint density at radius 3 is 1.52 bits per heavy atom. The number of likely N-dealkylation sites (N-methyl/N-ethyl adjacent to an activating group) is 1. The Labute approximate surface area is 359 Å². The molecule has 3 atom stereocenters. The van der Waals surface area contributed by atoms with Crippen molar-refractivity contribution >= 4 is 13.7 Å². The van der Waals surface area contributed by atoms with E-state index in [-0.39, 0.29) is 19.1 Å². The monoisotopic (exact) mass is 839 g/mol. The minimum absolute atomic E-state index is 0.000430. The summed E-state index contributed by atoms with van der Waals surface area (Å²) in [7, 11) is 1.26. The van der Waals surface area contributed by atoms with Crippen molar-refractivity contribution in [3.8, 4) is 0 Å². The van der Waals surface area contributed by atoms with Gasteiger partial charge in [-0.05, 0) is 44.9 Å². The summed E-state index contributed by atoms with van der Waals surface area (Å²) in [6.07, 6.45) is 50.5. The fourth-order valence-corrected chi connectivity index (χ4v) is 7.74. The van der Waals surface area contributed by atoms with E-state index >= 15 is 0 Å². The number of nitrogens with one attached hydrogen (secondary N) is 1. The summed E-state index contributed by atoms with van der Waals surface area (Å²) < 4.78 is 23.2. The normalized spacial score (nSPS) is 14.5. The van der Waals surface area contributed by atoms with Crippen LogP contribution in [0.4, 0.5) is 0 Å². The molecule has 3 unspecified atom stereocenters. The molecule has 0 aromatic heterocycles. The van der Waals surface area contributed by atoms with Gasteiger partial charge < -0.3 is 28.8 Å². The summed E-state index contributed by atoms with van der Waals surface area (Å²) in [6, 6.07) is -0.884. The number of allylic oxidation sites excluding steroid dienone is 5. The molecule has 58 heavy (non-hydrogen) atoms. The molecule has 0 aliphatic carbocycles. The van der Waals surface area contributed by atoms with Crippen LogP contribution in [-0.2, 0) is 18.4 Å². The molecule has 0 aromatic rings. The van der Waals surface area contributed by atoms with E-state index in [1.54, 1.807) is 6.08 Å². The Hall–Kier alpha value is -1.28. The van der Waals surface area contributed by atoms with Crippen LogP contribution >= 0.6 is 7.82 Å². The molecule has 0 saturated carbocycles. The first-order valence-electron chi connectivity index (χ1n) is 24.4. The van der Waals surface area contributed by atoms with E-state index in [2.05, 4.69) is 43.5 Å². The number of phosphoric acid groups is 1. The summed E-state index contributed by atoms with van der Waals surface area (Å²) in [4.78, 5) is 25.4. The van der Waals surface area contributed by atoms with Gasteiger partial charge in [-0.25, -0.2) is 0 Å². The van der Waals surface area contributed by atoms with Crippen LogP contribution in [0.1, 0.15) is 219 Å². The number of unbranched alkanes of at least 4 members (excludes halogenated alkanes) is 27. The van der Waals surface area contributed by atoms with E-state index in [1.807, 2.05) is 27.2 Å². The molecule has 0 aliphatic heterocycles. The van der Waals surface area contributed by atoms with Gasteiger partial charge in [-0.2, -0.15) is 0 Å². The molecule has 0 aliphatic rings. The van der Waals surface area contributed by atoms with Gasteiger partial charge in [-0.3, -0.25) is 9.36 Å². The summed E-state index contributed by atoms with van der Waals surface area (Å²) in [6.45, 7) is 4.56. The van der Waals surface area contributed by atoms with Crippen molar-refractivity contribution in [3.63, 3.8) is 0 Å². The minimum Gasteiger partial charge on any atom is -0.756 e. The zero-order valence-electron chi connectivity index (χ0n) is 38.8. The maximum atomic E-state index is 12.9. The van der Waals surface area contributed by atoms with Crippen LogP contribution < -0.4 is 10.2 Å². The van der Waals surface area contributed by atoms with Crippen molar-refractivity contribution in [1.29, 1.82) is 0 Å². The third kappa shape index (κ3) is 42.8. The number of phosphoric ester groups is 1. The summed E-state index contributed by atoms with van der Waals surface area (Å²) >= 11 is 0. The molecule has 0 fully saturated rings. The van der Waals surface area contributed by atoms with Gasteiger partial charge in [0, 0.05) is 6.42 Å². The van der Waals surface area contributed by atoms with Gasteiger partial charge in [0.05, 0.1) is 39.9 Å². The predicted molar refractivity (Wildman–Crippen MR) is 247 cm³/mol. The fourth-order valence-electron chi connectivity index (χ4n) is 7.01. The first-order valence-corrected chi connectivity index (χ1v) is 25.8. The molecule has 0 aromatic carbocycles. The van der Waals surface area contributed by atoms with Gasteiger partial charge in [0.25, 0.3) is 7.82 Å². The van der Waals surface area contributed by atoms with Crippen LogP contribution in [0.25, 0.3) is 0 Å².